The number of amidine groups is 1. The molecule has 106 valence electrons. The molecule has 0 saturated heterocycles. The molecule has 2 aliphatic heterocycles. The predicted octanol–water partition coefficient (Wildman–Crippen LogP) is 2.26. The van der Waals surface area contributed by atoms with Gasteiger partial charge in [-0.1, -0.05) is 0 Å². The first-order valence-corrected chi connectivity index (χ1v) is 7.03. The van der Waals surface area contributed by atoms with Crippen molar-refractivity contribution in [1.82, 2.24) is 0 Å². The molecule has 2 N–H and O–H groups in total. The van der Waals surface area contributed by atoms with Crippen molar-refractivity contribution in [3.05, 3.63) is 23.3 Å². The zero-order valence-corrected chi connectivity index (χ0v) is 11.8. The van der Waals surface area contributed by atoms with Crippen LogP contribution in [0.15, 0.2) is 22.3 Å². The Kier molecular flexibility index (Phi) is 3.34. The molecule has 0 fully saturated rings. The predicted molar refractivity (Wildman–Crippen MR) is 78.8 cm³/mol. The molecule has 3 rings (SSSR count). The van der Waals surface area contributed by atoms with E-state index in [0.29, 0.717) is 12.4 Å². The maximum Gasteiger partial charge on any atom is 0.128 e. The minimum absolute atomic E-state index is 0.219. The molecule has 0 aromatic heterocycles. The summed E-state index contributed by atoms with van der Waals surface area (Å²) >= 11 is 0. The standard InChI is InChI=1S/C15H19N3O2/c1-3-19-14-7-10-6-9(2)20-13(10)8-11(14)12-4-5-15(16)18-17-12/h7-9H,3-6H2,1-2H3,(H2,16,18). The molecule has 0 amide bonds. The van der Waals surface area contributed by atoms with Crippen LogP contribution in [0.3, 0.4) is 0 Å². The van der Waals surface area contributed by atoms with Gasteiger partial charge in [0.2, 0.25) is 0 Å². The van der Waals surface area contributed by atoms with Crippen LogP contribution < -0.4 is 15.2 Å². The van der Waals surface area contributed by atoms with Gasteiger partial charge in [0, 0.05) is 24.0 Å². The number of ether oxygens (including phenoxy) is 2. The normalized spacial score (nSPS) is 20.8. The maximum absolute atomic E-state index is 5.82. The number of fused-ring (bicyclic) bond motifs is 1. The molecule has 0 spiro atoms. The summed E-state index contributed by atoms with van der Waals surface area (Å²) in [4.78, 5) is 0. The molecule has 0 aliphatic carbocycles. The van der Waals surface area contributed by atoms with Gasteiger partial charge in [-0.3, -0.25) is 0 Å². The second-order valence-electron chi connectivity index (χ2n) is 5.16. The van der Waals surface area contributed by atoms with E-state index < -0.39 is 0 Å². The molecular weight excluding hydrogens is 254 g/mol. The van der Waals surface area contributed by atoms with Crippen LogP contribution >= 0.6 is 0 Å². The molecule has 1 aromatic rings. The van der Waals surface area contributed by atoms with Crippen LogP contribution in [0.25, 0.3) is 0 Å². The molecule has 5 heteroatoms. The van der Waals surface area contributed by atoms with Crippen LogP contribution in [0.4, 0.5) is 0 Å². The Morgan fingerprint density at radius 2 is 2.20 bits per heavy atom. The Hall–Kier alpha value is -2.04. The van der Waals surface area contributed by atoms with Crippen LogP contribution in [-0.4, -0.2) is 24.3 Å². The highest BCUT2D eigenvalue weighted by Crippen LogP contribution is 2.36. The van der Waals surface area contributed by atoms with E-state index in [1.165, 1.54) is 5.56 Å². The molecule has 5 nitrogen and oxygen atoms in total. The second kappa shape index (κ2) is 5.15. The Bertz CT molecular complexity index is 593. The lowest BCUT2D eigenvalue weighted by molar-refractivity contribution is 0.254. The second-order valence-corrected chi connectivity index (χ2v) is 5.16. The molecule has 2 heterocycles. The molecule has 0 bridgehead atoms. The van der Waals surface area contributed by atoms with E-state index in [9.17, 15) is 0 Å². The van der Waals surface area contributed by atoms with Crippen molar-refractivity contribution >= 4 is 11.5 Å². The third-order valence-electron chi connectivity index (χ3n) is 3.53. The maximum atomic E-state index is 5.82. The Morgan fingerprint density at radius 1 is 1.35 bits per heavy atom. The van der Waals surface area contributed by atoms with Crippen LogP contribution in [0.2, 0.25) is 0 Å². The fourth-order valence-corrected chi connectivity index (χ4v) is 2.60. The lowest BCUT2D eigenvalue weighted by Crippen LogP contribution is -2.18. The van der Waals surface area contributed by atoms with Gasteiger partial charge in [-0.05, 0) is 32.4 Å². The van der Waals surface area contributed by atoms with E-state index in [2.05, 4.69) is 23.2 Å². The fourth-order valence-electron chi connectivity index (χ4n) is 2.60. The SMILES string of the molecule is CCOc1cc2c(cc1C1=NN=C(N)CC1)OC(C)C2. The average molecular weight is 273 g/mol. The average Bonchev–Trinajstić information content (AvgIpc) is 2.78. The van der Waals surface area contributed by atoms with Crippen molar-refractivity contribution in [2.24, 2.45) is 15.9 Å². The summed E-state index contributed by atoms with van der Waals surface area (Å²) in [6.45, 7) is 4.68. The number of nitrogens with two attached hydrogens (primary N) is 1. The van der Waals surface area contributed by atoms with Crippen molar-refractivity contribution in [2.75, 3.05) is 6.61 Å². The van der Waals surface area contributed by atoms with Crippen LogP contribution in [-0.2, 0) is 6.42 Å². The van der Waals surface area contributed by atoms with Gasteiger partial charge in [0.05, 0.1) is 12.3 Å². The molecule has 1 aromatic carbocycles. The number of rotatable bonds is 3. The van der Waals surface area contributed by atoms with Gasteiger partial charge in [0.1, 0.15) is 23.4 Å². The fraction of sp³-hybridized carbons (Fsp3) is 0.467. The Morgan fingerprint density at radius 3 is 2.90 bits per heavy atom. The van der Waals surface area contributed by atoms with Gasteiger partial charge < -0.3 is 15.2 Å². The van der Waals surface area contributed by atoms with Crippen molar-refractivity contribution in [2.45, 2.75) is 39.2 Å². The van der Waals surface area contributed by atoms with E-state index >= 15 is 0 Å². The molecule has 20 heavy (non-hydrogen) atoms. The van der Waals surface area contributed by atoms with Gasteiger partial charge in [-0.15, -0.1) is 5.10 Å². The first-order chi connectivity index (χ1) is 9.67. The van der Waals surface area contributed by atoms with Gasteiger partial charge in [0.15, 0.2) is 0 Å². The summed E-state index contributed by atoms with van der Waals surface area (Å²) in [7, 11) is 0. The van der Waals surface area contributed by atoms with Crippen LogP contribution in [0, 0.1) is 0 Å². The summed E-state index contributed by atoms with van der Waals surface area (Å²) in [6.07, 6.45) is 2.66. The van der Waals surface area contributed by atoms with Gasteiger partial charge in [0.25, 0.3) is 0 Å². The van der Waals surface area contributed by atoms with Crippen molar-refractivity contribution < 1.29 is 9.47 Å². The molecule has 0 saturated carbocycles. The van der Waals surface area contributed by atoms with E-state index in [4.69, 9.17) is 15.2 Å². The quantitative estimate of drug-likeness (QED) is 0.918. The first-order valence-electron chi connectivity index (χ1n) is 7.03. The number of hydrogen-bond acceptors (Lipinski definition) is 5. The topological polar surface area (TPSA) is 69.2 Å². The lowest BCUT2D eigenvalue weighted by atomic mass is 10.00. The largest absolute Gasteiger partial charge is 0.493 e. The summed E-state index contributed by atoms with van der Waals surface area (Å²) in [6, 6.07) is 4.10. The lowest BCUT2D eigenvalue weighted by Gasteiger charge is -2.15. The van der Waals surface area contributed by atoms with Gasteiger partial charge in [-0.2, -0.15) is 5.10 Å². The minimum Gasteiger partial charge on any atom is -0.493 e. The van der Waals surface area contributed by atoms with Crippen molar-refractivity contribution in [3.63, 3.8) is 0 Å². The highest BCUT2D eigenvalue weighted by Gasteiger charge is 2.24. The molecule has 1 unspecified atom stereocenters. The molecule has 1 atom stereocenters. The molecule has 0 radical (unpaired) electrons. The third kappa shape index (κ3) is 2.35. The van der Waals surface area contributed by atoms with Crippen molar-refractivity contribution in [3.8, 4) is 11.5 Å². The highest BCUT2D eigenvalue weighted by molar-refractivity contribution is 6.06. The number of hydrogen-bond donors (Lipinski definition) is 1. The number of nitrogens with zero attached hydrogens (tertiary/aromatic N) is 2. The summed E-state index contributed by atoms with van der Waals surface area (Å²) in [5.41, 5.74) is 8.74. The van der Waals surface area contributed by atoms with E-state index in [1.807, 2.05) is 13.0 Å². The zero-order chi connectivity index (χ0) is 14.1. The highest BCUT2D eigenvalue weighted by atomic mass is 16.5. The minimum atomic E-state index is 0.219. The smallest absolute Gasteiger partial charge is 0.128 e. The van der Waals surface area contributed by atoms with E-state index in [1.54, 1.807) is 0 Å². The zero-order valence-electron chi connectivity index (χ0n) is 11.8. The van der Waals surface area contributed by atoms with Crippen LogP contribution in [0.5, 0.6) is 11.5 Å². The van der Waals surface area contributed by atoms with E-state index in [-0.39, 0.29) is 6.10 Å². The van der Waals surface area contributed by atoms with Gasteiger partial charge >= 0.3 is 0 Å². The summed E-state index contributed by atoms with van der Waals surface area (Å²) in [5, 5.41) is 8.20. The molecular formula is C15H19N3O2. The monoisotopic (exact) mass is 273 g/mol. The number of benzene rings is 1. The first kappa shape index (κ1) is 13.0. The summed E-state index contributed by atoms with van der Waals surface area (Å²) in [5.74, 6) is 2.37. The van der Waals surface area contributed by atoms with Crippen LogP contribution in [0.1, 0.15) is 37.8 Å². The molecule has 2 aliphatic rings. The van der Waals surface area contributed by atoms with Gasteiger partial charge in [-0.25, -0.2) is 0 Å². The summed E-state index contributed by atoms with van der Waals surface area (Å²) < 4.78 is 11.6. The van der Waals surface area contributed by atoms with Crippen molar-refractivity contribution in [1.29, 1.82) is 0 Å². The third-order valence-corrected chi connectivity index (χ3v) is 3.53. The van der Waals surface area contributed by atoms with E-state index in [0.717, 1.165) is 42.0 Å². The Balaban J connectivity index is 2.03. The Labute approximate surface area is 118 Å².